The number of hydrazone groups is 1. The maximum Gasteiger partial charge on any atom is 0.285 e. The van der Waals surface area contributed by atoms with Gasteiger partial charge >= 0.3 is 0 Å². The van der Waals surface area contributed by atoms with E-state index >= 15 is 0 Å². The lowest BCUT2D eigenvalue weighted by Crippen LogP contribution is -2.10. The summed E-state index contributed by atoms with van der Waals surface area (Å²) in [7, 11) is 0. The molecule has 0 atom stereocenters. The molecule has 0 aliphatic carbocycles. The van der Waals surface area contributed by atoms with E-state index in [0.29, 0.717) is 27.1 Å². The number of hydrogen-bond acceptors (Lipinski definition) is 5. The van der Waals surface area contributed by atoms with Crippen LogP contribution in [-0.4, -0.2) is 26.2 Å². The monoisotopic (exact) mass is 396 g/mol. The normalized spacial score (nSPS) is 11.2. The molecule has 0 aliphatic rings. The second-order valence-electron chi connectivity index (χ2n) is 4.95. The minimum absolute atomic E-state index is 0.0401. The smallest absolute Gasteiger partial charge is 0.275 e. The van der Waals surface area contributed by atoms with Crippen LogP contribution >= 0.6 is 34.8 Å². The molecule has 3 rings (SSSR count). The van der Waals surface area contributed by atoms with Crippen molar-refractivity contribution < 1.29 is 0 Å². The molecule has 0 aliphatic heterocycles. The Hall–Kier alpha value is -2.35. The number of nitrogens with zero attached hydrogens (tertiary/aromatic N) is 4. The average molecular weight is 398 g/mol. The highest BCUT2D eigenvalue weighted by Gasteiger charge is 2.15. The SMILES string of the molecule is Cc1nn(-c2ccccc2Cl)c(Cl)c1/C=N\Nc1cn[nH]c(=O)c1Cl. The predicted molar refractivity (Wildman–Crippen MR) is 99.4 cm³/mol. The summed E-state index contributed by atoms with van der Waals surface area (Å²) in [6, 6.07) is 7.22. The summed E-state index contributed by atoms with van der Waals surface area (Å²) in [4.78, 5) is 11.4. The van der Waals surface area contributed by atoms with Crippen LogP contribution in [0.3, 0.4) is 0 Å². The molecule has 0 saturated carbocycles. The first-order chi connectivity index (χ1) is 12.0. The van der Waals surface area contributed by atoms with E-state index in [1.807, 2.05) is 18.2 Å². The number of aryl methyl sites for hydroxylation is 1. The van der Waals surface area contributed by atoms with Gasteiger partial charge in [-0.3, -0.25) is 10.2 Å². The van der Waals surface area contributed by atoms with Gasteiger partial charge in [-0.2, -0.15) is 15.3 Å². The second-order valence-corrected chi connectivity index (χ2v) is 6.09. The van der Waals surface area contributed by atoms with Gasteiger partial charge < -0.3 is 0 Å². The molecular weight excluding hydrogens is 387 g/mol. The molecule has 128 valence electrons. The highest BCUT2D eigenvalue weighted by molar-refractivity contribution is 6.34. The molecule has 7 nitrogen and oxygen atoms in total. The average Bonchev–Trinajstić information content (AvgIpc) is 2.87. The van der Waals surface area contributed by atoms with Crippen LogP contribution in [0.25, 0.3) is 5.69 Å². The van der Waals surface area contributed by atoms with E-state index in [4.69, 9.17) is 34.8 Å². The van der Waals surface area contributed by atoms with Crippen LogP contribution in [0.1, 0.15) is 11.3 Å². The van der Waals surface area contributed by atoms with Gasteiger partial charge in [-0.25, -0.2) is 9.78 Å². The van der Waals surface area contributed by atoms with Crippen molar-refractivity contribution in [2.45, 2.75) is 6.92 Å². The number of H-pyrrole nitrogens is 1. The number of para-hydroxylation sites is 1. The molecule has 0 fully saturated rings. The predicted octanol–water partition coefficient (Wildman–Crippen LogP) is 3.67. The van der Waals surface area contributed by atoms with Crippen LogP contribution in [0.15, 0.2) is 40.4 Å². The van der Waals surface area contributed by atoms with Gasteiger partial charge in [0.2, 0.25) is 0 Å². The molecule has 0 bridgehead atoms. The van der Waals surface area contributed by atoms with Gasteiger partial charge in [-0.1, -0.05) is 46.9 Å². The lowest BCUT2D eigenvalue weighted by molar-refractivity contribution is 0.863. The van der Waals surface area contributed by atoms with Crippen molar-refractivity contribution in [1.29, 1.82) is 0 Å². The summed E-state index contributed by atoms with van der Waals surface area (Å²) in [5.74, 6) is 0. The van der Waals surface area contributed by atoms with Crippen LogP contribution in [0.5, 0.6) is 0 Å². The van der Waals surface area contributed by atoms with E-state index in [0.717, 1.165) is 0 Å². The van der Waals surface area contributed by atoms with E-state index in [2.05, 4.69) is 25.8 Å². The van der Waals surface area contributed by atoms with Crippen LogP contribution in [0, 0.1) is 6.92 Å². The summed E-state index contributed by atoms with van der Waals surface area (Å²) >= 11 is 18.5. The Kier molecular flexibility index (Phi) is 5.08. The zero-order chi connectivity index (χ0) is 18.0. The standard InChI is InChI=1S/C15H11Cl3N6O/c1-8-9(6-19-21-11-7-20-22-15(25)13(11)17)14(18)24(23-8)12-5-3-2-4-10(12)16/h2-7H,1H3,(H2,21,22,25)/b19-6-. The second kappa shape index (κ2) is 7.26. The maximum atomic E-state index is 11.4. The number of aromatic nitrogens is 4. The first-order valence-electron chi connectivity index (χ1n) is 7.01. The van der Waals surface area contributed by atoms with Crippen LogP contribution in [-0.2, 0) is 0 Å². The molecule has 1 aromatic carbocycles. The molecular formula is C15H11Cl3N6O. The zero-order valence-corrected chi connectivity index (χ0v) is 15.1. The fraction of sp³-hybridized carbons (Fsp3) is 0.0667. The number of hydrogen-bond donors (Lipinski definition) is 2. The number of nitrogens with one attached hydrogen (secondary N) is 2. The highest BCUT2D eigenvalue weighted by Crippen LogP contribution is 2.26. The quantitative estimate of drug-likeness (QED) is 0.519. The van der Waals surface area contributed by atoms with Crippen molar-refractivity contribution in [1.82, 2.24) is 20.0 Å². The molecule has 25 heavy (non-hydrogen) atoms. The summed E-state index contributed by atoms with van der Waals surface area (Å²) < 4.78 is 1.53. The Morgan fingerprint density at radius 3 is 2.80 bits per heavy atom. The Balaban J connectivity index is 1.90. The van der Waals surface area contributed by atoms with Crippen molar-refractivity contribution in [2.24, 2.45) is 5.10 Å². The Morgan fingerprint density at radius 2 is 2.04 bits per heavy atom. The molecule has 0 saturated heterocycles. The van der Waals surface area contributed by atoms with Crippen LogP contribution in [0.2, 0.25) is 15.2 Å². The van der Waals surface area contributed by atoms with Crippen molar-refractivity contribution in [3.8, 4) is 5.69 Å². The fourth-order valence-corrected chi connectivity index (χ4v) is 2.73. The Morgan fingerprint density at radius 1 is 1.28 bits per heavy atom. The number of halogens is 3. The third-order valence-corrected chi connectivity index (χ3v) is 4.36. The molecule has 3 aromatic rings. The van der Waals surface area contributed by atoms with Crippen molar-refractivity contribution >= 4 is 46.7 Å². The minimum atomic E-state index is -0.511. The van der Waals surface area contributed by atoms with Gasteiger partial charge in [0.05, 0.1) is 34.4 Å². The third kappa shape index (κ3) is 3.53. The largest absolute Gasteiger partial charge is 0.285 e. The van der Waals surface area contributed by atoms with E-state index < -0.39 is 5.56 Å². The molecule has 0 unspecified atom stereocenters. The zero-order valence-electron chi connectivity index (χ0n) is 12.8. The highest BCUT2D eigenvalue weighted by atomic mass is 35.5. The minimum Gasteiger partial charge on any atom is -0.275 e. The van der Waals surface area contributed by atoms with E-state index in [9.17, 15) is 4.79 Å². The van der Waals surface area contributed by atoms with E-state index in [-0.39, 0.29) is 10.7 Å². The van der Waals surface area contributed by atoms with Crippen molar-refractivity contribution in [3.63, 3.8) is 0 Å². The van der Waals surface area contributed by atoms with Gasteiger partial charge in [-0.05, 0) is 19.1 Å². The molecule has 0 spiro atoms. The molecule has 0 radical (unpaired) electrons. The molecule has 0 amide bonds. The third-order valence-electron chi connectivity index (χ3n) is 3.30. The Bertz CT molecular complexity index is 1010. The first kappa shape index (κ1) is 17.5. The lowest BCUT2D eigenvalue weighted by atomic mass is 10.3. The van der Waals surface area contributed by atoms with Gasteiger partial charge in [0, 0.05) is 0 Å². The molecule has 2 heterocycles. The summed E-state index contributed by atoms with van der Waals surface area (Å²) in [5.41, 5.74) is 4.33. The summed E-state index contributed by atoms with van der Waals surface area (Å²) in [6.07, 6.45) is 2.83. The van der Waals surface area contributed by atoms with Crippen molar-refractivity contribution in [2.75, 3.05) is 5.43 Å². The number of aromatic amines is 1. The number of rotatable bonds is 4. The summed E-state index contributed by atoms with van der Waals surface area (Å²) in [6.45, 7) is 1.79. The molecule has 10 heteroatoms. The maximum absolute atomic E-state index is 11.4. The summed E-state index contributed by atoms with van der Waals surface area (Å²) in [5, 5.41) is 15.1. The lowest BCUT2D eigenvalue weighted by Gasteiger charge is -2.05. The van der Waals surface area contributed by atoms with Gasteiger partial charge in [0.1, 0.15) is 15.9 Å². The number of benzene rings is 1. The molecule has 2 N–H and O–H groups in total. The van der Waals surface area contributed by atoms with E-state index in [1.165, 1.54) is 17.1 Å². The first-order valence-corrected chi connectivity index (χ1v) is 8.14. The number of anilines is 1. The van der Waals surface area contributed by atoms with Gasteiger partial charge in [0.25, 0.3) is 5.56 Å². The van der Waals surface area contributed by atoms with E-state index in [1.54, 1.807) is 13.0 Å². The topological polar surface area (TPSA) is 88.0 Å². The van der Waals surface area contributed by atoms with Crippen LogP contribution < -0.4 is 11.0 Å². The van der Waals surface area contributed by atoms with Crippen molar-refractivity contribution in [3.05, 3.63) is 67.3 Å². The van der Waals surface area contributed by atoms with Crippen LogP contribution in [0.4, 0.5) is 5.69 Å². The van der Waals surface area contributed by atoms with Gasteiger partial charge in [-0.15, -0.1) is 0 Å². The molecule has 2 aromatic heterocycles. The van der Waals surface area contributed by atoms with Gasteiger partial charge in [0.15, 0.2) is 0 Å². The Labute approximate surface area is 157 Å². The fourth-order valence-electron chi connectivity index (χ4n) is 2.07.